The predicted octanol–water partition coefficient (Wildman–Crippen LogP) is 0.326. The van der Waals surface area contributed by atoms with Crippen LogP contribution >= 0.6 is 0 Å². The molecule has 14 heavy (non-hydrogen) atoms. The number of aliphatic hydroxyl groups is 2. The quantitative estimate of drug-likeness (QED) is 0.469. The molecule has 0 aliphatic heterocycles. The van der Waals surface area contributed by atoms with Crippen molar-refractivity contribution in [1.29, 1.82) is 5.26 Å². The third-order valence-electron chi connectivity index (χ3n) is 1.79. The molecule has 0 aliphatic carbocycles. The lowest BCUT2D eigenvalue weighted by molar-refractivity contribution is 0.0528. The fourth-order valence-corrected chi connectivity index (χ4v) is 0.999. The first-order valence-corrected chi connectivity index (χ1v) is 3.87. The minimum Gasteiger partial charge on any atom is -0.396 e. The highest BCUT2D eigenvalue weighted by Gasteiger charge is 2.18. The van der Waals surface area contributed by atoms with E-state index in [2.05, 4.69) is 0 Å². The molecule has 2 atom stereocenters. The number of halogens is 1. The van der Waals surface area contributed by atoms with Crippen molar-refractivity contribution < 1.29 is 14.6 Å². The lowest BCUT2D eigenvalue weighted by Gasteiger charge is -2.12. The SMILES string of the molecule is N#CC(O)C(O)c1ccc(F)c(N)c1. The van der Waals surface area contributed by atoms with E-state index in [9.17, 15) is 9.50 Å². The van der Waals surface area contributed by atoms with Gasteiger partial charge in [-0.25, -0.2) is 4.39 Å². The number of aliphatic hydroxyl groups excluding tert-OH is 2. The van der Waals surface area contributed by atoms with Gasteiger partial charge in [0.1, 0.15) is 11.9 Å². The summed E-state index contributed by atoms with van der Waals surface area (Å²) in [4.78, 5) is 0. The molecule has 0 fully saturated rings. The van der Waals surface area contributed by atoms with Crippen LogP contribution in [-0.4, -0.2) is 16.3 Å². The number of hydrogen-bond acceptors (Lipinski definition) is 4. The van der Waals surface area contributed by atoms with Crippen molar-refractivity contribution >= 4 is 5.69 Å². The van der Waals surface area contributed by atoms with E-state index in [0.29, 0.717) is 0 Å². The van der Waals surface area contributed by atoms with E-state index in [1.165, 1.54) is 18.2 Å². The van der Waals surface area contributed by atoms with Gasteiger partial charge < -0.3 is 15.9 Å². The van der Waals surface area contributed by atoms with Crippen molar-refractivity contribution in [1.82, 2.24) is 0 Å². The molecule has 0 amide bonds. The van der Waals surface area contributed by atoms with Crippen molar-refractivity contribution in [3.8, 4) is 6.07 Å². The van der Waals surface area contributed by atoms with Crippen molar-refractivity contribution in [3.05, 3.63) is 29.6 Å². The van der Waals surface area contributed by atoms with Crippen LogP contribution < -0.4 is 5.73 Å². The van der Waals surface area contributed by atoms with Gasteiger partial charge in [-0.2, -0.15) is 5.26 Å². The standard InChI is InChI=1S/C9H9FN2O2/c10-6-2-1-5(3-7(6)12)9(14)8(13)4-11/h1-3,8-9,13-14H,12H2. The van der Waals surface area contributed by atoms with Gasteiger partial charge in [0.25, 0.3) is 0 Å². The Labute approximate surface area is 80.0 Å². The Hall–Kier alpha value is -1.64. The van der Waals surface area contributed by atoms with E-state index in [4.69, 9.17) is 16.1 Å². The molecule has 2 unspecified atom stereocenters. The molecule has 74 valence electrons. The van der Waals surface area contributed by atoms with Crippen LogP contribution in [0.25, 0.3) is 0 Å². The maximum absolute atomic E-state index is 12.7. The van der Waals surface area contributed by atoms with Gasteiger partial charge in [-0.1, -0.05) is 6.07 Å². The number of anilines is 1. The number of nitrogens with two attached hydrogens (primary N) is 1. The van der Waals surface area contributed by atoms with Gasteiger partial charge in [0.15, 0.2) is 6.10 Å². The average molecular weight is 196 g/mol. The Balaban J connectivity index is 2.98. The monoisotopic (exact) mass is 196 g/mol. The van der Waals surface area contributed by atoms with E-state index in [1.807, 2.05) is 0 Å². The molecule has 0 bridgehead atoms. The summed E-state index contributed by atoms with van der Waals surface area (Å²) in [6, 6.07) is 4.98. The lowest BCUT2D eigenvalue weighted by atomic mass is 10.0. The van der Waals surface area contributed by atoms with Crippen molar-refractivity contribution in [3.63, 3.8) is 0 Å². The maximum Gasteiger partial charge on any atom is 0.170 e. The van der Waals surface area contributed by atoms with Crippen LogP contribution in [-0.2, 0) is 0 Å². The molecular weight excluding hydrogens is 187 g/mol. The Morgan fingerprint density at radius 3 is 2.57 bits per heavy atom. The number of nitrogens with zero attached hydrogens (tertiary/aromatic N) is 1. The summed E-state index contributed by atoms with van der Waals surface area (Å²) in [5, 5.41) is 26.7. The molecule has 0 spiro atoms. The van der Waals surface area contributed by atoms with E-state index in [-0.39, 0.29) is 11.3 Å². The molecule has 0 heterocycles. The van der Waals surface area contributed by atoms with Crippen molar-refractivity contribution in [2.24, 2.45) is 0 Å². The molecule has 1 rings (SSSR count). The number of benzene rings is 1. The minimum absolute atomic E-state index is 0.133. The molecule has 1 aromatic rings. The second-order valence-electron chi connectivity index (χ2n) is 2.80. The second-order valence-corrected chi connectivity index (χ2v) is 2.80. The van der Waals surface area contributed by atoms with E-state index >= 15 is 0 Å². The fraction of sp³-hybridized carbons (Fsp3) is 0.222. The third-order valence-corrected chi connectivity index (χ3v) is 1.79. The molecule has 0 saturated heterocycles. The first-order valence-electron chi connectivity index (χ1n) is 3.87. The summed E-state index contributed by atoms with van der Waals surface area (Å²) in [5.41, 5.74) is 5.32. The number of hydrogen-bond donors (Lipinski definition) is 3. The molecule has 4 N–H and O–H groups in total. The Kier molecular flexibility index (Phi) is 3.02. The highest BCUT2D eigenvalue weighted by Crippen LogP contribution is 2.20. The summed E-state index contributed by atoms with van der Waals surface area (Å²) in [5.74, 6) is -0.604. The van der Waals surface area contributed by atoms with Crippen molar-refractivity contribution in [2.45, 2.75) is 12.2 Å². The maximum atomic E-state index is 12.7. The van der Waals surface area contributed by atoms with Crippen molar-refractivity contribution in [2.75, 3.05) is 5.73 Å². The van der Waals surface area contributed by atoms with E-state index in [1.54, 1.807) is 0 Å². The summed E-state index contributed by atoms with van der Waals surface area (Å²) in [7, 11) is 0. The van der Waals surface area contributed by atoms with Crippen LogP contribution in [0.3, 0.4) is 0 Å². The van der Waals surface area contributed by atoms with Gasteiger partial charge in [-0.3, -0.25) is 0 Å². The zero-order valence-corrected chi connectivity index (χ0v) is 7.18. The summed E-state index contributed by atoms with van der Waals surface area (Å²) in [6.07, 6.45) is -2.91. The smallest absolute Gasteiger partial charge is 0.170 e. The molecule has 4 nitrogen and oxygen atoms in total. The molecular formula is C9H9FN2O2. The van der Waals surface area contributed by atoms with E-state index < -0.39 is 18.0 Å². The highest BCUT2D eigenvalue weighted by molar-refractivity contribution is 5.43. The predicted molar refractivity (Wildman–Crippen MR) is 47.4 cm³/mol. The lowest BCUT2D eigenvalue weighted by Crippen LogP contribution is -2.16. The normalized spacial score (nSPS) is 14.4. The Morgan fingerprint density at radius 2 is 2.07 bits per heavy atom. The zero-order chi connectivity index (χ0) is 10.7. The topological polar surface area (TPSA) is 90.3 Å². The zero-order valence-electron chi connectivity index (χ0n) is 7.18. The van der Waals surface area contributed by atoms with Crippen LogP contribution in [0.1, 0.15) is 11.7 Å². The van der Waals surface area contributed by atoms with E-state index in [0.717, 1.165) is 6.07 Å². The third kappa shape index (κ3) is 1.99. The van der Waals surface area contributed by atoms with Crippen LogP contribution in [0.5, 0.6) is 0 Å². The summed E-state index contributed by atoms with van der Waals surface area (Å²) >= 11 is 0. The van der Waals surface area contributed by atoms with Gasteiger partial charge in [-0.05, 0) is 17.7 Å². The number of nitriles is 1. The summed E-state index contributed by atoms with van der Waals surface area (Å²) in [6.45, 7) is 0. The van der Waals surface area contributed by atoms with Crippen LogP contribution in [0.4, 0.5) is 10.1 Å². The second kappa shape index (κ2) is 4.05. The average Bonchev–Trinajstić information content (AvgIpc) is 2.20. The Bertz CT molecular complexity index is 376. The van der Waals surface area contributed by atoms with Gasteiger partial charge in [-0.15, -0.1) is 0 Å². The minimum atomic E-state index is -1.54. The van der Waals surface area contributed by atoms with Gasteiger partial charge in [0, 0.05) is 0 Å². The van der Waals surface area contributed by atoms with Crippen LogP contribution in [0.15, 0.2) is 18.2 Å². The highest BCUT2D eigenvalue weighted by atomic mass is 19.1. The fourth-order valence-electron chi connectivity index (χ4n) is 0.999. The largest absolute Gasteiger partial charge is 0.396 e. The molecule has 0 aromatic heterocycles. The summed E-state index contributed by atoms with van der Waals surface area (Å²) < 4.78 is 12.7. The number of rotatable bonds is 2. The van der Waals surface area contributed by atoms with Crippen LogP contribution in [0, 0.1) is 17.1 Å². The first-order chi connectivity index (χ1) is 6.56. The molecule has 0 aliphatic rings. The first kappa shape index (κ1) is 10.4. The molecule has 1 aromatic carbocycles. The van der Waals surface area contributed by atoms with Gasteiger partial charge >= 0.3 is 0 Å². The number of nitrogen functional groups attached to an aromatic ring is 1. The molecule has 5 heteroatoms. The van der Waals surface area contributed by atoms with Crippen LogP contribution in [0.2, 0.25) is 0 Å². The van der Waals surface area contributed by atoms with Gasteiger partial charge in [0.05, 0.1) is 11.8 Å². The molecule has 0 saturated carbocycles. The van der Waals surface area contributed by atoms with Gasteiger partial charge in [0.2, 0.25) is 0 Å². The molecule has 0 radical (unpaired) electrons. The Morgan fingerprint density at radius 1 is 1.43 bits per heavy atom.